The first kappa shape index (κ1) is 7.86. The van der Waals surface area contributed by atoms with E-state index in [0.29, 0.717) is 5.41 Å². The molecule has 1 saturated carbocycles. The first-order valence-electron chi connectivity index (χ1n) is 4.40. The van der Waals surface area contributed by atoms with Crippen molar-refractivity contribution in [1.82, 2.24) is 10.6 Å². The standard InChI is InChI=1S/C8H14N2O2/c11-7(12)10-6-1-2-8(3-6)4-9-5-8/h6,9-10H,1-5H2,(H,11,12)/t6-/m1/s1. The molecule has 0 bridgehead atoms. The van der Waals surface area contributed by atoms with Gasteiger partial charge in [0.1, 0.15) is 0 Å². The van der Waals surface area contributed by atoms with Crippen LogP contribution >= 0.6 is 0 Å². The van der Waals surface area contributed by atoms with Gasteiger partial charge >= 0.3 is 6.09 Å². The van der Waals surface area contributed by atoms with Crippen molar-refractivity contribution in [3.63, 3.8) is 0 Å². The van der Waals surface area contributed by atoms with Crippen LogP contribution in [-0.4, -0.2) is 30.3 Å². The maximum absolute atomic E-state index is 10.3. The summed E-state index contributed by atoms with van der Waals surface area (Å²) in [5, 5.41) is 14.3. The molecule has 1 spiro atoms. The summed E-state index contributed by atoms with van der Waals surface area (Å²) in [5.74, 6) is 0. The largest absolute Gasteiger partial charge is 0.465 e. The summed E-state index contributed by atoms with van der Waals surface area (Å²) in [6.07, 6.45) is 2.31. The first-order chi connectivity index (χ1) is 5.70. The van der Waals surface area contributed by atoms with E-state index in [2.05, 4.69) is 10.6 Å². The number of rotatable bonds is 1. The Kier molecular flexibility index (Phi) is 1.72. The van der Waals surface area contributed by atoms with E-state index in [1.54, 1.807) is 0 Å². The van der Waals surface area contributed by atoms with Crippen LogP contribution in [0, 0.1) is 5.41 Å². The number of amides is 1. The summed E-state index contributed by atoms with van der Waals surface area (Å²) < 4.78 is 0. The third-order valence-corrected chi connectivity index (χ3v) is 3.03. The molecule has 0 aromatic rings. The molecule has 4 heteroatoms. The van der Waals surface area contributed by atoms with E-state index in [1.807, 2.05) is 0 Å². The molecule has 2 rings (SSSR count). The highest BCUT2D eigenvalue weighted by atomic mass is 16.4. The van der Waals surface area contributed by atoms with Crippen molar-refractivity contribution >= 4 is 6.09 Å². The van der Waals surface area contributed by atoms with Crippen LogP contribution in [0.15, 0.2) is 0 Å². The Labute approximate surface area is 71.3 Å². The van der Waals surface area contributed by atoms with Gasteiger partial charge in [-0.1, -0.05) is 0 Å². The summed E-state index contributed by atoms with van der Waals surface area (Å²) in [5.41, 5.74) is 0.438. The van der Waals surface area contributed by atoms with Gasteiger partial charge in [0.25, 0.3) is 0 Å². The van der Waals surface area contributed by atoms with Crippen LogP contribution in [0.1, 0.15) is 19.3 Å². The quantitative estimate of drug-likeness (QED) is 0.533. The topological polar surface area (TPSA) is 61.4 Å². The lowest BCUT2D eigenvalue weighted by Gasteiger charge is -2.39. The number of carbonyl (C=O) groups is 1. The van der Waals surface area contributed by atoms with Crippen LogP contribution in [-0.2, 0) is 0 Å². The molecular weight excluding hydrogens is 156 g/mol. The fourth-order valence-electron chi connectivity index (χ4n) is 2.30. The summed E-state index contributed by atoms with van der Waals surface area (Å²) in [6, 6.07) is 0.199. The fourth-order valence-corrected chi connectivity index (χ4v) is 2.30. The molecular formula is C8H14N2O2. The SMILES string of the molecule is O=C(O)N[C@@H]1CCC2(CNC2)C1. The van der Waals surface area contributed by atoms with Crippen LogP contribution in [0.25, 0.3) is 0 Å². The molecule has 1 amide bonds. The average molecular weight is 170 g/mol. The monoisotopic (exact) mass is 170 g/mol. The van der Waals surface area contributed by atoms with Crippen molar-refractivity contribution in [2.75, 3.05) is 13.1 Å². The third-order valence-electron chi connectivity index (χ3n) is 3.03. The maximum Gasteiger partial charge on any atom is 0.404 e. The minimum Gasteiger partial charge on any atom is -0.465 e. The predicted molar refractivity (Wildman–Crippen MR) is 44.1 cm³/mol. The Morgan fingerprint density at radius 1 is 1.58 bits per heavy atom. The number of hydrogen-bond donors (Lipinski definition) is 3. The highest BCUT2D eigenvalue weighted by Gasteiger charge is 2.43. The van der Waals surface area contributed by atoms with E-state index in [-0.39, 0.29) is 6.04 Å². The lowest BCUT2D eigenvalue weighted by atomic mass is 9.80. The van der Waals surface area contributed by atoms with Crippen molar-refractivity contribution < 1.29 is 9.90 Å². The van der Waals surface area contributed by atoms with Gasteiger partial charge in [0.05, 0.1) is 0 Å². The van der Waals surface area contributed by atoms with Gasteiger partial charge in [-0.2, -0.15) is 0 Å². The Hall–Kier alpha value is -0.770. The highest BCUT2D eigenvalue weighted by molar-refractivity contribution is 5.64. The molecule has 1 aliphatic carbocycles. The molecule has 0 unspecified atom stereocenters. The Balaban J connectivity index is 1.85. The molecule has 4 nitrogen and oxygen atoms in total. The van der Waals surface area contributed by atoms with Crippen LogP contribution in [0.5, 0.6) is 0 Å². The molecule has 0 aromatic carbocycles. The molecule has 1 aliphatic heterocycles. The molecule has 12 heavy (non-hydrogen) atoms. The Bertz CT molecular complexity index is 201. The van der Waals surface area contributed by atoms with Crippen molar-refractivity contribution in [3.05, 3.63) is 0 Å². The summed E-state index contributed by atoms with van der Waals surface area (Å²) in [6.45, 7) is 2.15. The van der Waals surface area contributed by atoms with Crippen molar-refractivity contribution in [3.8, 4) is 0 Å². The van der Waals surface area contributed by atoms with E-state index in [0.717, 1.165) is 25.9 Å². The predicted octanol–water partition coefficient (Wildman–Crippen LogP) is 0.396. The van der Waals surface area contributed by atoms with Crippen LogP contribution in [0.3, 0.4) is 0 Å². The second-order valence-electron chi connectivity index (χ2n) is 3.99. The van der Waals surface area contributed by atoms with Crippen molar-refractivity contribution in [2.45, 2.75) is 25.3 Å². The van der Waals surface area contributed by atoms with Gasteiger partial charge in [0.2, 0.25) is 0 Å². The minimum atomic E-state index is -0.885. The van der Waals surface area contributed by atoms with E-state index < -0.39 is 6.09 Å². The van der Waals surface area contributed by atoms with Crippen molar-refractivity contribution in [1.29, 1.82) is 0 Å². The summed E-state index contributed by atoms with van der Waals surface area (Å²) in [4.78, 5) is 10.3. The van der Waals surface area contributed by atoms with Crippen molar-refractivity contribution in [2.24, 2.45) is 5.41 Å². The zero-order valence-electron chi connectivity index (χ0n) is 6.97. The molecule has 1 saturated heterocycles. The van der Waals surface area contributed by atoms with E-state index >= 15 is 0 Å². The van der Waals surface area contributed by atoms with Gasteiger partial charge in [0, 0.05) is 19.1 Å². The normalized spacial score (nSPS) is 31.5. The second kappa shape index (κ2) is 2.62. The second-order valence-corrected chi connectivity index (χ2v) is 3.99. The zero-order chi connectivity index (χ0) is 8.60. The van der Waals surface area contributed by atoms with Gasteiger partial charge < -0.3 is 15.7 Å². The van der Waals surface area contributed by atoms with Gasteiger partial charge in [-0.15, -0.1) is 0 Å². The summed E-state index contributed by atoms with van der Waals surface area (Å²) >= 11 is 0. The van der Waals surface area contributed by atoms with Crippen LogP contribution in [0.4, 0.5) is 4.79 Å². The lowest BCUT2D eigenvalue weighted by molar-refractivity contribution is 0.167. The Morgan fingerprint density at radius 3 is 2.75 bits per heavy atom. The average Bonchev–Trinajstić information content (AvgIpc) is 2.29. The van der Waals surface area contributed by atoms with Crippen LogP contribution < -0.4 is 10.6 Å². The van der Waals surface area contributed by atoms with Gasteiger partial charge in [0.15, 0.2) is 0 Å². The Morgan fingerprint density at radius 2 is 2.33 bits per heavy atom. The van der Waals surface area contributed by atoms with E-state index in [1.165, 1.54) is 6.42 Å². The van der Waals surface area contributed by atoms with Gasteiger partial charge in [-0.3, -0.25) is 0 Å². The number of hydrogen-bond acceptors (Lipinski definition) is 2. The highest BCUT2D eigenvalue weighted by Crippen LogP contribution is 2.41. The third kappa shape index (κ3) is 1.27. The summed E-state index contributed by atoms with van der Waals surface area (Å²) in [7, 11) is 0. The van der Waals surface area contributed by atoms with E-state index in [9.17, 15) is 4.79 Å². The van der Waals surface area contributed by atoms with Gasteiger partial charge in [-0.05, 0) is 24.7 Å². The molecule has 1 heterocycles. The molecule has 2 fully saturated rings. The molecule has 0 radical (unpaired) electrons. The smallest absolute Gasteiger partial charge is 0.404 e. The lowest BCUT2D eigenvalue weighted by Crippen LogP contribution is -2.52. The number of carboxylic acid groups (broad SMARTS) is 1. The number of nitrogens with one attached hydrogen (secondary N) is 2. The van der Waals surface area contributed by atoms with E-state index in [4.69, 9.17) is 5.11 Å². The molecule has 68 valence electrons. The zero-order valence-corrected chi connectivity index (χ0v) is 6.97. The molecule has 1 atom stereocenters. The first-order valence-corrected chi connectivity index (χ1v) is 4.40. The fraction of sp³-hybridized carbons (Fsp3) is 0.875. The van der Waals surface area contributed by atoms with Crippen LogP contribution in [0.2, 0.25) is 0 Å². The molecule has 3 N–H and O–H groups in total. The van der Waals surface area contributed by atoms with Gasteiger partial charge in [-0.25, -0.2) is 4.79 Å². The molecule has 2 aliphatic rings. The maximum atomic E-state index is 10.3. The minimum absolute atomic E-state index is 0.199. The molecule has 0 aromatic heterocycles.